The first-order valence-corrected chi connectivity index (χ1v) is 5.90. The lowest BCUT2D eigenvalue weighted by molar-refractivity contribution is -0.138. The summed E-state index contributed by atoms with van der Waals surface area (Å²) >= 11 is 0. The molecule has 0 spiro atoms. The molecule has 1 aromatic rings. The molecule has 0 saturated heterocycles. The van der Waals surface area contributed by atoms with Crippen LogP contribution in [0.5, 0.6) is 0 Å². The maximum Gasteiger partial charge on any atom is 0.335 e. The Morgan fingerprint density at radius 3 is 2.44 bits per heavy atom. The van der Waals surface area contributed by atoms with Crippen LogP contribution in [-0.4, -0.2) is 33.2 Å². The molecule has 0 aromatic heterocycles. The van der Waals surface area contributed by atoms with Gasteiger partial charge in [0.15, 0.2) is 0 Å². The summed E-state index contributed by atoms with van der Waals surface area (Å²) in [6.45, 7) is 6.22. The molecule has 4 heteroatoms. The van der Waals surface area contributed by atoms with Gasteiger partial charge in [-0.25, -0.2) is 4.79 Å². The molecule has 1 rings (SSSR count). The van der Waals surface area contributed by atoms with Crippen molar-refractivity contribution in [1.82, 2.24) is 0 Å². The normalized spacial score (nSPS) is 9.72. The van der Waals surface area contributed by atoms with E-state index in [9.17, 15) is 4.79 Å². The summed E-state index contributed by atoms with van der Waals surface area (Å²) in [5.41, 5.74) is 2.50. The molecule has 0 aliphatic rings. The lowest BCUT2D eigenvalue weighted by Gasteiger charge is -2.13. The van der Waals surface area contributed by atoms with Crippen molar-refractivity contribution in [3.63, 3.8) is 0 Å². The number of nitrogens with one attached hydrogen (secondary N) is 1. The third-order valence-electron chi connectivity index (χ3n) is 2.45. The van der Waals surface area contributed by atoms with Crippen molar-refractivity contribution >= 4 is 17.3 Å². The zero-order chi connectivity index (χ0) is 13.5. The fourth-order valence-corrected chi connectivity index (χ4v) is 1.39. The molecule has 0 radical (unpaired) electrons. The minimum absolute atomic E-state index is 0.352. The predicted octanol–water partition coefficient (Wildman–Crippen LogP) is 2.28. The molecular formula is C14H20N2O2. The summed E-state index contributed by atoms with van der Waals surface area (Å²) < 4.78 is 4.86. The molecule has 0 bridgehead atoms. The van der Waals surface area contributed by atoms with Gasteiger partial charge in [0.1, 0.15) is 0 Å². The monoisotopic (exact) mass is 248 g/mol. The Labute approximate surface area is 108 Å². The summed E-state index contributed by atoms with van der Waals surface area (Å²) in [6, 6.07) is 7.95. The van der Waals surface area contributed by atoms with Gasteiger partial charge in [-0.3, -0.25) is 0 Å². The van der Waals surface area contributed by atoms with Crippen LogP contribution in [0.25, 0.3) is 0 Å². The Morgan fingerprint density at radius 2 is 1.94 bits per heavy atom. The van der Waals surface area contributed by atoms with Gasteiger partial charge in [-0.1, -0.05) is 6.58 Å². The molecule has 0 aliphatic carbocycles. The summed E-state index contributed by atoms with van der Waals surface area (Å²) in [4.78, 5) is 13.4. The molecule has 0 aliphatic heterocycles. The van der Waals surface area contributed by atoms with Crippen LogP contribution in [0.1, 0.15) is 6.92 Å². The van der Waals surface area contributed by atoms with Crippen LogP contribution in [0.3, 0.4) is 0 Å². The molecule has 0 unspecified atom stereocenters. The van der Waals surface area contributed by atoms with Crippen molar-refractivity contribution in [2.45, 2.75) is 6.92 Å². The third kappa shape index (κ3) is 4.13. The molecule has 18 heavy (non-hydrogen) atoms. The van der Waals surface area contributed by atoms with Gasteiger partial charge in [0, 0.05) is 37.6 Å². The van der Waals surface area contributed by atoms with Gasteiger partial charge in [0.05, 0.1) is 6.61 Å². The SMILES string of the molecule is C=C(CNc1ccc(N(C)C)cc1)C(=O)OCC. The summed E-state index contributed by atoms with van der Waals surface area (Å²) in [7, 11) is 3.98. The van der Waals surface area contributed by atoms with Crippen molar-refractivity contribution in [2.24, 2.45) is 0 Å². The molecule has 4 nitrogen and oxygen atoms in total. The van der Waals surface area contributed by atoms with E-state index in [4.69, 9.17) is 4.74 Å². The second-order valence-electron chi connectivity index (χ2n) is 4.12. The van der Waals surface area contributed by atoms with Gasteiger partial charge in [0.25, 0.3) is 0 Å². The van der Waals surface area contributed by atoms with Gasteiger partial charge in [-0.15, -0.1) is 0 Å². The van der Waals surface area contributed by atoms with Gasteiger partial charge in [0.2, 0.25) is 0 Å². The van der Waals surface area contributed by atoms with E-state index in [1.54, 1.807) is 6.92 Å². The highest BCUT2D eigenvalue weighted by molar-refractivity contribution is 5.88. The van der Waals surface area contributed by atoms with Gasteiger partial charge >= 0.3 is 5.97 Å². The lowest BCUT2D eigenvalue weighted by Crippen LogP contribution is -2.14. The van der Waals surface area contributed by atoms with Crippen molar-refractivity contribution in [3.05, 3.63) is 36.4 Å². The van der Waals surface area contributed by atoms with Crippen molar-refractivity contribution in [2.75, 3.05) is 37.5 Å². The fourth-order valence-electron chi connectivity index (χ4n) is 1.39. The third-order valence-corrected chi connectivity index (χ3v) is 2.45. The lowest BCUT2D eigenvalue weighted by atomic mass is 10.2. The summed E-state index contributed by atoms with van der Waals surface area (Å²) in [5, 5.41) is 3.13. The zero-order valence-corrected chi connectivity index (χ0v) is 11.2. The van der Waals surface area contributed by atoms with E-state index < -0.39 is 0 Å². The number of hydrogen-bond acceptors (Lipinski definition) is 4. The standard InChI is InChI=1S/C14H20N2O2/c1-5-18-14(17)11(2)10-15-12-6-8-13(9-7-12)16(3)4/h6-9,15H,2,5,10H2,1,3-4H3. The van der Waals surface area contributed by atoms with Crippen molar-refractivity contribution in [1.29, 1.82) is 0 Å². The minimum atomic E-state index is -0.352. The van der Waals surface area contributed by atoms with E-state index in [1.165, 1.54) is 0 Å². The van der Waals surface area contributed by atoms with E-state index in [1.807, 2.05) is 43.3 Å². The van der Waals surface area contributed by atoms with E-state index in [-0.39, 0.29) is 5.97 Å². The van der Waals surface area contributed by atoms with Gasteiger partial charge in [-0.2, -0.15) is 0 Å². The van der Waals surface area contributed by atoms with Crippen LogP contribution in [-0.2, 0) is 9.53 Å². The second-order valence-corrected chi connectivity index (χ2v) is 4.12. The number of hydrogen-bond donors (Lipinski definition) is 1. The number of anilines is 2. The summed E-state index contributed by atoms with van der Waals surface area (Å²) in [5.74, 6) is -0.352. The number of ether oxygens (including phenoxy) is 1. The van der Waals surface area contributed by atoms with Crippen molar-refractivity contribution < 1.29 is 9.53 Å². The van der Waals surface area contributed by atoms with E-state index in [2.05, 4.69) is 11.9 Å². The average molecular weight is 248 g/mol. The average Bonchev–Trinajstić information content (AvgIpc) is 2.36. The Kier molecular flexibility index (Phi) is 5.24. The smallest absolute Gasteiger partial charge is 0.335 e. The fraction of sp³-hybridized carbons (Fsp3) is 0.357. The number of carbonyl (C=O) groups excluding carboxylic acids is 1. The number of esters is 1. The predicted molar refractivity (Wildman–Crippen MR) is 75.0 cm³/mol. The molecule has 0 fully saturated rings. The molecule has 0 amide bonds. The maximum absolute atomic E-state index is 11.3. The molecular weight excluding hydrogens is 228 g/mol. The summed E-state index contributed by atoms with van der Waals surface area (Å²) in [6.07, 6.45) is 0. The van der Waals surface area contributed by atoms with Crippen LogP contribution in [0.4, 0.5) is 11.4 Å². The molecule has 0 atom stereocenters. The van der Waals surface area contributed by atoms with Crippen LogP contribution < -0.4 is 10.2 Å². The van der Waals surface area contributed by atoms with E-state index in [0.717, 1.165) is 11.4 Å². The molecule has 98 valence electrons. The maximum atomic E-state index is 11.3. The highest BCUT2D eigenvalue weighted by Crippen LogP contribution is 2.15. The first-order chi connectivity index (χ1) is 8.54. The highest BCUT2D eigenvalue weighted by atomic mass is 16.5. The molecule has 0 saturated carbocycles. The molecule has 1 N–H and O–H groups in total. The number of benzene rings is 1. The first-order valence-electron chi connectivity index (χ1n) is 5.90. The van der Waals surface area contributed by atoms with Crippen LogP contribution in [0.15, 0.2) is 36.4 Å². The molecule has 1 aromatic carbocycles. The van der Waals surface area contributed by atoms with E-state index in [0.29, 0.717) is 18.7 Å². The Morgan fingerprint density at radius 1 is 1.33 bits per heavy atom. The zero-order valence-electron chi connectivity index (χ0n) is 11.2. The Bertz CT molecular complexity index is 410. The number of nitrogens with zero attached hydrogens (tertiary/aromatic N) is 1. The Balaban J connectivity index is 2.48. The molecule has 0 heterocycles. The van der Waals surface area contributed by atoms with Gasteiger partial charge < -0.3 is 15.0 Å². The minimum Gasteiger partial charge on any atom is -0.463 e. The Hall–Kier alpha value is -1.97. The second kappa shape index (κ2) is 6.69. The number of rotatable bonds is 6. The van der Waals surface area contributed by atoms with Gasteiger partial charge in [-0.05, 0) is 31.2 Å². The van der Waals surface area contributed by atoms with Crippen LogP contribution in [0, 0.1) is 0 Å². The van der Waals surface area contributed by atoms with Crippen molar-refractivity contribution in [3.8, 4) is 0 Å². The van der Waals surface area contributed by atoms with E-state index >= 15 is 0 Å². The highest BCUT2D eigenvalue weighted by Gasteiger charge is 2.06. The quantitative estimate of drug-likeness (QED) is 0.619. The first kappa shape index (κ1) is 14.1. The van der Waals surface area contributed by atoms with Crippen LogP contribution >= 0.6 is 0 Å². The topological polar surface area (TPSA) is 41.6 Å². The number of carbonyl (C=O) groups is 1. The van der Waals surface area contributed by atoms with Crippen LogP contribution in [0.2, 0.25) is 0 Å². The largest absolute Gasteiger partial charge is 0.463 e.